The van der Waals surface area contributed by atoms with E-state index >= 15 is 0 Å². The molecule has 0 heterocycles. The fourth-order valence-corrected chi connectivity index (χ4v) is 1.51. The van der Waals surface area contributed by atoms with Crippen LogP contribution < -0.4 is 10.3 Å². The molecular weight excluding hydrogens is 226 g/mol. The Kier molecular flexibility index (Phi) is 5.36. The van der Waals surface area contributed by atoms with E-state index in [9.17, 15) is 4.79 Å². The van der Waals surface area contributed by atoms with Gasteiger partial charge in [-0.25, -0.2) is 5.43 Å². The van der Waals surface area contributed by atoms with Crippen LogP contribution in [0.25, 0.3) is 0 Å². The van der Waals surface area contributed by atoms with E-state index in [-0.39, 0.29) is 5.91 Å². The largest absolute Gasteiger partial charge is 0.378 e. The highest BCUT2D eigenvalue weighted by Crippen LogP contribution is 2.12. The van der Waals surface area contributed by atoms with Crippen LogP contribution in [0.1, 0.15) is 37.0 Å². The van der Waals surface area contributed by atoms with Gasteiger partial charge in [-0.15, -0.1) is 0 Å². The standard InChI is InChI=1S/C14H21N3O/c1-5-12(6-2)15-16-14(18)11-7-9-13(10-8-11)17(3)4/h7-10H,5-6H2,1-4H3,(H,16,18). The van der Waals surface area contributed by atoms with Crippen molar-refractivity contribution in [3.8, 4) is 0 Å². The number of carbonyl (C=O) groups excluding carboxylic acids is 1. The predicted octanol–water partition coefficient (Wildman–Crippen LogP) is 2.66. The molecule has 0 aromatic heterocycles. The normalized spacial score (nSPS) is 9.78. The highest BCUT2D eigenvalue weighted by Gasteiger charge is 2.05. The number of hydrogen-bond acceptors (Lipinski definition) is 3. The van der Waals surface area contributed by atoms with Gasteiger partial charge in [0.2, 0.25) is 0 Å². The Bertz CT molecular complexity index is 415. The molecule has 1 aromatic rings. The van der Waals surface area contributed by atoms with Crippen molar-refractivity contribution in [1.29, 1.82) is 0 Å². The van der Waals surface area contributed by atoms with Crippen LogP contribution in [0.2, 0.25) is 0 Å². The van der Waals surface area contributed by atoms with Gasteiger partial charge in [0.1, 0.15) is 0 Å². The topological polar surface area (TPSA) is 44.7 Å². The molecule has 0 unspecified atom stereocenters. The molecule has 1 rings (SSSR count). The second-order valence-electron chi connectivity index (χ2n) is 4.27. The first kappa shape index (κ1) is 14.2. The first-order chi connectivity index (χ1) is 8.58. The van der Waals surface area contributed by atoms with Crippen molar-refractivity contribution in [2.75, 3.05) is 19.0 Å². The van der Waals surface area contributed by atoms with Crippen molar-refractivity contribution in [2.45, 2.75) is 26.7 Å². The molecule has 98 valence electrons. The number of anilines is 1. The second kappa shape index (κ2) is 6.79. The van der Waals surface area contributed by atoms with E-state index in [0.717, 1.165) is 24.2 Å². The molecule has 0 radical (unpaired) electrons. The van der Waals surface area contributed by atoms with Gasteiger partial charge in [0.15, 0.2) is 0 Å². The van der Waals surface area contributed by atoms with E-state index in [2.05, 4.69) is 10.5 Å². The molecule has 0 saturated carbocycles. The lowest BCUT2D eigenvalue weighted by molar-refractivity contribution is 0.0954. The highest BCUT2D eigenvalue weighted by molar-refractivity contribution is 5.95. The third kappa shape index (κ3) is 3.87. The molecule has 18 heavy (non-hydrogen) atoms. The number of rotatable bonds is 5. The van der Waals surface area contributed by atoms with Gasteiger partial charge in [-0.1, -0.05) is 13.8 Å². The summed E-state index contributed by atoms with van der Waals surface area (Å²) in [6.45, 7) is 4.06. The Morgan fingerprint density at radius 2 is 1.72 bits per heavy atom. The van der Waals surface area contributed by atoms with E-state index in [0.29, 0.717) is 5.56 Å². The lowest BCUT2D eigenvalue weighted by atomic mass is 10.2. The maximum absolute atomic E-state index is 11.8. The first-order valence-electron chi connectivity index (χ1n) is 6.21. The minimum absolute atomic E-state index is 0.167. The zero-order valence-corrected chi connectivity index (χ0v) is 11.5. The highest BCUT2D eigenvalue weighted by atomic mass is 16.2. The van der Waals surface area contributed by atoms with Crippen LogP contribution >= 0.6 is 0 Å². The lowest BCUT2D eigenvalue weighted by Crippen LogP contribution is -2.19. The van der Waals surface area contributed by atoms with Gasteiger partial charge in [0.25, 0.3) is 5.91 Å². The number of hydrazone groups is 1. The average Bonchev–Trinajstić information content (AvgIpc) is 2.39. The summed E-state index contributed by atoms with van der Waals surface area (Å²) in [5, 5.41) is 4.10. The smallest absolute Gasteiger partial charge is 0.271 e. The fourth-order valence-electron chi connectivity index (χ4n) is 1.51. The van der Waals surface area contributed by atoms with Crippen LogP contribution in [-0.2, 0) is 0 Å². The van der Waals surface area contributed by atoms with Gasteiger partial charge in [-0.3, -0.25) is 4.79 Å². The van der Waals surface area contributed by atoms with E-state index in [4.69, 9.17) is 0 Å². The molecule has 0 aliphatic rings. The van der Waals surface area contributed by atoms with Crippen molar-refractivity contribution in [1.82, 2.24) is 5.43 Å². The number of nitrogens with one attached hydrogen (secondary N) is 1. The van der Waals surface area contributed by atoms with Crippen LogP contribution in [0.4, 0.5) is 5.69 Å². The zero-order valence-electron chi connectivity index (χ0n) is 11.5. The van der Waals surface area contributed by atoms with Gasteiger partial charge in [0, 0.05) is 31.1 Å². The average molecular weight is 247 g/mol. The molecule has 4 heteroatoms. The van der Waals surface area contributed by atoms with Crippen molar-refractivity contribution in [3.63, 3.8) is 0 Å². The number of benzene rings is 1. The summed E-state index contributed by atoms with van der Waals surface area (Å²) >= 11 is 0. The molecule has 4 nitrogen and oxygen atoms in total. The summed E-state index contributed by atoms with van der Waals surface area (Å²) in [4.78, 5) is 13.8. The zero-order chi connectivity index (χ0) is 13.5. The molecule has 0 atom stereocenters. The van der Waals surface area contributed by atoms with E-state index in [1.165, 1.54) is 0 Å². The van der Waals surface area contributed by atoms with Gasteiger partial charge in [0.05, 0.1) is 0 Å². The van der Waals surface area contributed by atoms with E-state index < -0.39 is 0 Å². The molecule has 0 spiro atoms. The molecule has 0 aliphatic heterocycles. The summed E-state index contributed by atoms with van der Waals surface area (Å²) in [7, 11) is 3.93. The van der Waals surface area contributed by atoms with Gasteiger partial charge in [-0.05, 0) is 37.1 Å². The van der Waals surface area contributed by atoms with Crippen molar-refractivity contribution in [2.24, 2.45) is 5.10 Å². The van der Waals surface area contributed by atoms with Crippen LogP contribution in [-0.4, -0.2) is 25.7 Å². The summed E-state index contributed by atoms with van der Waals surface area (Å²) in [6.07, 6.45) is 1.71. The molecule has 1 N–H and O–H groups in total. The Hall–Kier alpha value is -1.84. The molecule has 0 aliphatic carbocycles. The van der Waals surface area contributed by atoms with Crippen LogP contribution in [0.5, 0.6) is 0 Å². The third-order valence-electron chi connectivity index (χ3n) is 2.78. The maximum atomic E-state index is 11.8. The summed E-state index contributed by atoms with van der Waals surface area (Å²) in [5.41, 5.74) is 5.27. The van der Waals surface area contributed by atoms with Gasteiger partial charge >= 0.3 is 0 Å². The van der Waals surface area contributed by atoms with Crippen molar-refractivity contribution >= 4 is 17.3 Å². The van der Waals surface area contributed by atoms with Crippen molar-refractivity contribution in [3.05, 3.63) is 29.8 Å². The molecule has 1 aromatic carbocycles. The van der Waals surface area contributed by atoms with E-state index in [1.807, 2.05) is 45.0 Å². The number of carbonyl (C=O) groups is 1. The maximum Gasteiger partial charge on any atom is 0.271 e. The monoisotopic (exact) mass is 247 g/mol. The number of hydrogen-bond donors (Lipinski definition) is 1. The minimum atomic E-state index is -0.167. The Morgan fingerprint density at radius 1 is 1.17 bits per heavy atom. The Labute approximate surface area is 109 Å². The quantitative estimate of drug-likeness (QED) is 0.642. The molecule has 0 saturated heterocycles. The van der Waals surface area contributed by atoms with Crippen LogP contribution in [0.15, 0.2) is 29.4 Å². The molecule has 0 bridgehead atoms. The third-order valence-corrected chi connectivity index (χ3v) is 2.78. The first-order valence-corrected chi connectivity index (χ1v) is 6.21. The second-order valence-corrected chi connectivity index (χ2v) is 4.27. The summed E-state index contributed by atoms with van der Waals surface area (Å²) < 4.78 is 0. The van der Waals surface area contributed by atoms with Crippen LogP contribution in [0, 0.1) is 0 Å². The van der Waals surface area contributed by atoms with Crippen molar-refractivity contribution < 1.29 is 4.79 Å². The summed E-state index contributed by atoms with van der Waals surface area (Å²) in [5.74, 6) is -0.167. The molecule has 1 amide bonds. The van der Waals surface area contributed by atoms with Gasteiger partial charge < -0.3 is 4.90 Å². The SMILES string of the molecule is CCC(CC)=NNC(=O)c1ccc(N(C)C)cc1. The van der Waals surface area contributed by atoms with E-state index in [1.54, 1.807) is 12.1 Å². The molecule has 0 fully saturated rings. The Morgan fingerprint density at radius 3 is 2.17 bits per heavy atom. The minimum Gasteiger partial charge on any atom is -0.378 e. The Balaban J connectivity index is 2.70. The van der Waals surface area contributed by atoms with Crippen LogP contribution in [0.3, 0.4) is 0 Å². The lowest BCUT2D eigenvalue weighted by Gasteiger charge is -2.12. The predicted molar refractivity (Wildman–Crippen MR) is 76.3 cm³/mol. The van der Waals surface area contributed by atoms with Gasteiger partial charge in [-0.2, -0.15) is 5.10 Å². The molecular formula is C14H21N3O. The number of nitrogens with zero attached hydrogens (tertiary/aromatic N) is 2. The number of amides is 1. The fraction of sp³-hybridized carbons (Fsp3) is 0.429. The summed E-state index contributed by atoms with van der Waals surface area (Å²) in [6, 6.07) is 7.44.